The molecule has 1 rings (SSSR count). The molecule has 1 aliphatic carbocycles. The maximum Gasteiger partial charge on any atom is 0.0198 e. The van der Waals surface area contributed by atoms with Crippen LogP contribution in [0.5, 0.6) is 0 Å². The van der Waals surface area contributed by atoms with Gasteiger partial charge in [0, 0.05) is 12.6 Å². The van der Waals surface area contributed by atoms with Crippen LogP contribution in [0, 0.1) is 0 Å². The molecule has 0 spiro atoms. The van der Waals surface area contributed by atoms with E-state index in [0.29, 0.717) is 6.04 Å². The molecule has 0 N–H and O–H groups in total. The van der Waals surface area contributed by atoms with E-state index in [1.165, 1.54) is 24.0 Å². The van der Waals surface area contributed by atoms with Crippen molar-refractivity contribution in [1.82, 2.24) is 4.90 Å². The van der Waals surface area contributed by atoms with Crippen LogP contribution in [0.2, 0.25) is 0 Å². The number of rotatable bonds is 5. The second-order valence-corrected chi connectivity index (χ2v) is 4.93. The van der Waals surface area contributed by atoms with Crippen LogP contribution >= 0.6 is 0 Å². The first-order chi connectivity index (χ1) is 7.63. The van der Waals surface area contributed by atoms with Crippen molar-refractivity contribution in [3.05, 3.63) is 35.5 Å². The molecule has 1 aliphatic rings. The Morgan fingerprint density at radius 2 is 2.06 bits per heavy atom. The van der Waals surface area contributed by atoms with Crippen molar-refractivity contribution in [3.63, 3.8) is 0 Å². The zero-order chi connectivity index (χ0) is 12.0. The number of hydrogen-bond acceptors (Lipinski definition) is 1. The predicted octanol–water partition coefficient (Wildman–Crippen LogP) is 3.94. The standard InChI is InChI=1S/C15H25N/c1-5-7-14-8-6-9-15(11-10-14)12-16(4)13(2)3/h6,8,10-11,13H,5,7,9,12H2,1-4H3. The Labute approximate surface area is 101 Å². The fraction of sp³-hybridized carbons (Fsp3) is 0.600. The summed E-state index contributed by atoms with van der Waals surface area (Å²) in [5.41, 5.74) is 2.98. The van der Waals surface area contributed by atoms with Gasteiger partial charge in [-0.3, -0.25) is 0 Å². The third kappa shape index (κ3) is 4.36. The summed E-state index contributed by atoms with van der Waals surface area (Å²) in [4.78, 5) is 2.39. The maximum absolute atomic E-state index is 2.39. The Hall–Kier alpha value is -0.820. The van der Waals surface area contributed by atoms with Crippen LogP contribution in [0.25, 0.3) is 0 Å². The molecule has 0 saturated heterocycles. The fourth-order valence-corrected chi connectivity index (χ4v) is 1.79. The Balaban J connectivity index is 2.59. The van der Waals surface area contributed by atoms with E-state index in [2.05, 4.69) is 57.0 Å². The molecule has 90 valence electrons. The number of allylic oxidation sites excluding steroid dienone is 5. The summed E-state index contributed by atoms with van der Waals surface area (Å²) in [5, 5.41) is 0. The van der Waals surface area contributed by atoms with Crippen molar-refractivity contribution in [2.75, 3.05) is 13.6 Å². The van der Waals surface area contributed by atoms with Gasteiger partial charge in [-0.05, 0) is 39.3 Å². The highest BCUT2D eigenvalue weighted by Gasteiger charge is 2.06. The molecule has 0 atom stereocenters. The molecule has 1 nitrogen and oxygen atoms in total. The molecule has 0 bridgehead atoms. The monoisotopic (exact) mass is 219 g/mol. The van der Waals surface area contributed by atoms with Crippen molar-refractivity contribution < 1.29 is 0 Å². The van der Waals surface area contributed by atoms with Gasteiger partial charge in [-0.1, -0.05) is 43.2 Å². The number of hydrogen-bond donors (Lipinski definition) is 0. The molecular formula is C15H25N. The summed E-state index contributed by atoms with van der Waals surface area (Å²) in [6.07, 6.45) is 12.7. The van der Waals surface area contributed by atoms with Gasteiger partial charge in [0.15, 0.2) is 0 Å². The lowest BCUT2D eigenvalue weighted by atomic mass is 10.1. The van der Waals surface area contributed by atoms with Crippen molar-refractivity contribution in [1.29, 1.82) is 0 Å². The van der Waals surface area contributed by atoms with Gasteiger partial charge in [0.1, 0.15) is 0 Å². The van der Waals surface area contributed by atoms with Gasteiger partial charge in [0.25, 0.3) is 0 Å². The molecule has 0 amide bonds. The first-order valence-electron chi connectivity index (χ1n) is 6.39. The van der Waals surface area contributed by atoms with Crippen molar-refractivity contribution in [2.24, 2.45) is 0 Å². The maximum atomic E-state index is 2.39. The molecule has 0 aromatic rings. The lowest BCUT2D eigenvalue weighted by molar-refractivity contribution is 0.295. The van der Waals surface area contributed by atoms with Crippen LogP contribution in [0.1, 0.15) is 40.0 Å². The van der Waals surface area contributed by atoms with Crippen LogP contribution in [0.4, 0.5) is 0 Å². The van der Waals surface area contributed by atoms with Crippen molar-refractivity contribution in [2.45, 2.75) is 46.1 Å². The quantitative estimate of drug-likeness (QED) is 0.677. The Kier molecular flexibility index (Phi) is 5.54. The van der Waals surface area contributed by atoms with E-state index in [4.69, 9.17) is 0 Å². The molecule has 0 aromatic heterocycles. The van der Waals surface area contributed by atoms with E-state index in [0.717, 1.165) is 13.0 Å². The van der Waals surface area contributed by atoms with E-state index in [9.17, 15) is 0 Å². The Morgan fingerprint density at radius 3 is 2.69 bits per heavy atom. The van der Waals surface area contributed by atoms with E-state index >= 15 is 0 Å². The number of likely N-dealkylation sites (N-methyl/N-ethyl adjacent to an activating group) is 1. The largest absolute Gasteiger partial charge is 0.300 e. The highest BCUT2D eigenvalue weighted by molar-refractivity contribution is 5.31. The Bertz CT molecular complexity index is 295. The minimum Gasteiger partial charge on any atom is -0.300 e. The number of nitrogens with zero attached hydrogens (tertiary/aromatic N) is 1. The smallest absolute Gasteiger partial charge is 0.0198 e. The lowest BCUT2D eigenvalue weighted by Gasteiger charge is -2.21. The molecule has 0 radical (unpaired) electrons. The molecule has 1 heteroatoms. The van der Waals surface area contributed by atoms with E-state index in [-0.39, 0.29) is 0 Å². The van der Waals surface area contributed by atoms with Gasteiger partial charge in [0.05, 0.1) is 0 Å². The third-order valence-corrected chi connectivity index (χ3v) is 3.12. The van der Waals surface area contributed by atoms with Gasteiger partial charge < -0.3 is 4.90 Å². The zero-order valence-electron chi connectivity index (χ0n) is 11.2. The van der Waals surface area contributed by atoms with E-state index < -0.39 is 0 Å². The Morgan fingerprint density at radius 1 is 1.31 bits per heavy atom. The van der Waals surface area contributed by atoms with Gasteiger partial charge in [-0.15, -0.1) is 0 Å². The highest BCUT2D eigenvalue weighted by atomic mass is 15.1. The lowest BCUT2D eigenvalue weighted by Crippen LogP contribution is -2.28. The molecular weight excluding hydrogens is 194 g/mol. The zero-order valence-corrected chi connectivity index (χ0v) is 11.2. The summed E-state index contributed by atoms with van der Waals surface area (Å²) < 4.78 is 0. The van der Waals surface area contributed by atoms with Crippen LogP contribution in [-0.2, 0) is 0 Å². The summed E-state index contributed by atoms with van der Waals surface area (Å²) in [6, 6.07) is 0.618. The fourth-order valence-electron chi connectivity index (χ4n) is 1.79. The molecule has 0 saturated carbocycles. The summed E-state index contributed by atoms with van der Waals surface area (Å²) in [7, 11) is 2.19. The molecule has 0 unspecified atom stereocenters. The SMILES string of the molecule is CCCC1=CC=C(CN(C)C(C)C)CC=C1. The minimum atomic E-state index is 0.618. The van der Waals surface area contributed by atoms with Crippen molar-refractivity contribution >= 4 is 0 Å². The van der Waals surface area contributed by atoms with Crippen LogP contribution in [0.3, 0.4) is 0 Å². The van der Waals surface area contributed by atoms with Gasteiger partial charge in [0.2, 0.25) is 0 Å². The summed E-state index contributed by atoms with van der Waals surface area (Å²) in [6.45, 7) is 7.80. The molecule has 0 aromatic carbocycles. The predicted molar refractivity (Wildman–Crippen MR) is 72.6 cm³/mol. The minimum absolute atomic E-state index is 0.618. The highest BCUT2D eigenvalue weighted by Crippen LogP contribution is 2.16. The van der Waals surface area contributed by atoms with Crippen molar-refractivity contribution in [3.8, 4) is 0 Å². The van der Waals surface area contributed by atoms with Crippen LogP contribution in [0.15, 0.2) is 35.5 Å². The molecule has 0 aliphatic heterocycles. The summed E-state index contributed by atoms with van der Waals surface area (Å²) >= 11 is 0. The molecule has 0 heterocycles. The normalized spacial score (nSPS) is 16.4. The first-order valence-corrected chi connectivity index (χ1v) is 6.39. The second-order valence-electron chi connectivity index (χ2n) is 4.93. The van der Waals surface area contributed by atoms with E-state index in [1.54, 1.807) is 0 Å². The van der Waals surface area contributed by atoms with Gasteiger partial charge in [-0.2, -0.15) is 0 Å². The first kappa shape index (κ1) is 13.2. The third-order valence-electron chi connectivity index (χ3n) is 3.12. The van der Waals surface area contributed by atoms with Gasteiger partial charge in [-0.25, -0.2) is 0 Å². The average molecular weight is 219 g/mol. The van der Waals surface area contributed by atoms with Gasteiger partial charge >= 0.3 is 0 Å². The molecule has 16 heavy (non-hydrogen) atoms. The van der Waals surface area contributed by atoms with Crippen LogP contribution < -0.4 is 0 Å². The molecule has 0 fully saturated rings. The average Bonchev–Trinajstić information content (AvgIpc) is 2.44. The topological polar surface area (TPSA) is 3.24 Å². The second kappa shape index (κ2) is 6.70. The van der Waals surface area contributed by atoms with E-state index in [1.807, 2.05) is 0 Å². The summed E-state index contributed by atoms with van der Waals surface area (Å²) in [5.74, 6) is 0. The van der Waals surface area contributed by atoms with Crippen LogP contribution in [-0.4, -0.2) is 24.5 Å².